The number of nitrogens with zero attached hydrogens (tertiary/aromatic N) is 4. The average molecular weight is 564 g/mol. The Balaban J connectivity index is 1.53. The monoisotopic (exact) mass is 563 g/mol. The SMILES string of the molecule is CC(C)OC(=O)C(C)(C)NP(=O)(CO[C@@H](C)Cn1cnc2c(N)ncnc21)NC1(c2ccc(Cl)cc2)CC1. The number of hydrogen-bond donors (Lipinski definition) is 3. The normalized spacial score (nSPS) is 17.3. The van der Waals surface area contributed by atoms with Gasteiger partial charge in [0.05, 0.1) is 30.6 Å². The summed E-state index contributed by atoms with van der Waals surface area (Å²) in [6.07, 6.45) is 3.75. The fraction of sp³-hybridized carbons (Fsp3) is 0.520. The van der Waals surface area contributed by atoms with Gasteiger partial charge in [-0.3, -0.25) is 9.36 Å². The summed E-state index contributed by atoms with van der Waals surface area (Å²) >= 11 is 6.09. The van der Waals surface area contributed by atoms with Gasteiger partial charge in [-0.05, 0) is 65.2 Å². The van der Waals surface area contributed by atoms with Crippen LogP contribution in [0.5, 0.6) is 0 Å². The van der Waals surface area contributed by atoms with Gasteiger partial charge in [-0.2, -0.15) is 0 Å². The summed E-state index contributed by atoms with van der Waals surface area (Å²) in [5.41, 5.74) is 6.23. The van der Waals surface area contributed by atoms with Crippen LogP contribution in [0.25, 0.3) is 11.2 Å². The van der Waals surface area contributed by atoms with Crippen molar-refractivity contribution in [3.8, 4) is 0 Å². The van der Waals surface area contributed by atoms with E-state index in [4.69, 9.17) is 26.8 Å². The second-order valence-electron chi connectivity index (χ2n) is 10.6. The highest BCUT2D eigenvalue weighted by molar-refractivity contribution is 7.59. The van der Waals surface area contributed by atoms with Crippen LogP contribution in [0.15, 0.2) is 36.9 Å². The molecule has 1 saturated carbocycles. The fourth-order valence-corrected chi connectivity index (χ4v) is 7.06. The number of ether oxygens (including phenoxy) is 2. The number of hydrogen-bond acceptors (Lipinski definition) is 8. The fourth-order valence-electron chi connectivity index (χ4n) is 4.25. The molecule has 13 heteroatoms. The molecule has 1 aliphatic rings. The third-order valence-corrected chi connectivity index (χ3v) is 8.75. The van der Waals surface area contributed by atoms with Crippen molar-refractivity contribution in [1.82, 2.24) is 29.7 Å². The maximum Gasteiger partial charge on any atom is 0.326 e. The Morgan fingerprint density at radius 1 is 1.21 bits per heavy atom. The molecule has 2 heterocycles. The van der Waals surface area contributed by atoms with Crippen LogP contribution in [0.2, 0.25) is 5.02 Å². The van der Waals surface area contributed by atoms with E-state index in [1.54, 1.807) is 34.0 Å². The smallest absolute Gasteiger partial charge is 0.326 e. The molecule has 2 atom stereocenters. The van der Waals surface area contributed by atoms with E-state index < -0.39 is 24.5 Å². The van der Waals surface area contributed by atoms with Crippen LogP contribution in [0.1, 0.15) is 53.0 Å². The van der Waals surface area contributed by atoms with Crippen molar-refractivity contribution >= 4 is 42.0 Å². The van der Waals surface area contributed by atoms with E-state index in [0.717, 1.165) is 18.4 Å². The molecule has 4 rings (SSSR count). The molecule has 3 aromatic rings. The number of carbonyl (C=O) groups excluding carboxylic acids is 1. The topological polar surface area (TPSA) is 146 Å². The highest BCUT2D eigenvalue weighted by Crippen LogP contribution is 2.54. The van der Waals surface area contributed by atoms with E-state index in [1.165, 1.54) is 6.33 Å². The number of nitrogens with two attached hydrogens (primary N) is 1. The van der Waals surface area contributed by atoms with Gasteiger partial charge in [-0.15, -0.1) is 0 Å². The van der Waals surface area contributed by atoms with Crippen molar-refractivity contribution in [3.05, 3.63) is 47.5 Å². The van der Waals surface area contributed by atoms with Gasteiger partial charge in [0.2, 0.25) is 7.44 Å². The predicted molar refractivity (Wildman–Crippen MR) is 147 cm³/mol. The minimum absolute atomic E-state index is 0.161. The van der Waals surface area contributed by atoms with Crippen LogP contribution in [-0.4, -0.2) is 49.6 Å². The van der Waals surface area contributed by atoms with Crippen molar-refractivity contribution in [3.63, 3.8) is 0 Å². The highest BCUT2D eigenvalue weighted by atomic mass is 35.5. The van der Waals surface area contributed by atoms with Crippen molar-refractivity contribution in [2.45, 2.75) is 77.3 Å². The lowest BCUT2D eigenvalue weighted by atomic mass is 10.1. The van der Waals surface area contributed by atoms with Gasteiger partial charge in [0.25, 0.3) is 0 Å². The van der Waals surface area contributed by atoms with Crippen molar-refractivity contribution in [1.29, 1.82) is 0 Å². The zero-order valence-electron chi connectivity index (χ0n) is 22.3. The molecule has 4 N–H and O–H groups in total. The number of fused-ring (bicyclic) bond motifs is 1. The standard InChI is InChI=1S/C25H35ClN7O4P/c1-16(2)37-23(34)24(4,5)31-38(35,32-25(10-11-25)18-6-8-19(26)9-7-18)15-36-17(3)12-33-14-30-20-21(27)28-13-29-22(20)33/h6-9,13-14,16-17H,10-12,15H2,1-5H3,(H2,27,28,29)(H2,31,32,35)/t17-,38?/m0/s1. The number of aromatic nitrogens is 4. The van der Waals surface area contributed by atoms with Crippen LogP contribution in [0.4, 0.5) is 5.82 Å². The van der Waals surface area contributed by atoms with Gasteiger partial charge >= 0.3 is 5.97 Å². The van der Waals surface area contributed by atoms with Crippen molar-refractivity contribution in [2.24, 2.45) is 0 Å². The molecule has 0 amide bonds. The Hall–Kier alpha value is -2.56. The number of carbonyl (C=O) groups is 1. The number of imidazole rings is 1. The molecule has 0 spiro atoms. The summed E-state index contributed by atoms with van der Waals surface area (Å²) in [4.78, 5) is 25.3. The molecule has 0 bridgehead atoms. The molecule has 11 nitrogen and oxygen atoms in total. The summed E-state index contributed by atoms with van der Waals surface area (Å²) < 4.78 is 27.8. The molecule has 1 fully saturated rings. The lowest BCUT2D eigenvalue weighted by Crippen LogP contribution is -2.50. The predicted octanol–water partition coefficient (Wildman–Crippen LogP) is 4.22. The Bertz CT molecular complexity index is 1340. The van der Waals surface area contributed by atoms with Gasteiger partial charge in [-0.25, -0.2) is 25.1 Å². The van der Waals surface area contributed by atoms with Crippen LogP contribution in [0.3, 0.4) is 0 Å². The van der Waals surface area contributed by atoms with Gasteiger partial charge in [0.15, 0.2) is 11.5 Å². The lowest BCUT2D eigenvalue weighted by Gasteiger charge is -2.34. The molecular formula is C25H35ClN7O4P. The Kier molecular flexibility index (Phi) is 8.16. The number of nitrogen functional groups attached to an aromatic ring is 1. The number of halogens is 1. The summed E-state index contributed by atoms with van der Waals surface area (Å²) in [5.74, 6) is -0.200. The molecule has 206 valence electrons. The van der Waals surface area contributed by atoms with E-state index >= 15 is 0 Å². The summed E-state index contributed by atoms with van der Waals surface area (Å²) in [6, 6.07) is 7.47. The first-order valence-electron chi connectivity index (χ1n) is 12.5. The maximum atomic E-state index is 14.4. The minimum atomic E-state index is -3.50. The average Bonchev–Trinajstić information content (AvgIpc) is 3.49. The van der Waals surface area contributed by atoms with Gasteiger partial charge in [0.1, 0.15) is 23.7 Å². The quantitative estimate of drug-likeness (QED) is 0.216. The van der Waals surface area contributed by atoms with Crippen molar-refractivity contribution < 1.29 is 18.8 Å². The summed E-state index contributed by atoms with van der Waals surface area (Å²) in [5, 5.41) is 7.04. The second-order valence-corrected chi connectivity index (χ2v) is 13.2. The van der Waals surface area contributed by atoms with E-state index in [0.29, 0.717) is 28.5 Å². The van der Waals surface area contributed by atoms with Gasteiger partial charge in [0, 0.05) is 5.02 Å². The molecule has 1 aromatic carbocycles. The lowest BCUT2D eigenvalue weighted by molar-refractivity contribution is -0.153. The summed E-state index contributed by atoms with van der Waals surface area (Å²) in [7, 11) is -3.50. The molecular weight excluding hydrogens is 529 g/mol. The Morgan fingerprint density at radius 3 is 2.53 bits per heavy atom. The number of nitrogens with one attached hydrogen (secondary N) is 2. The minimum Gasteiger partial charge on any atom is -0.462 e. The molecule has 0 saturated heterocycles. The van der Waals surface area contributed by atoms with E-state index in [-0.39, 0.29) is 18.6 Å². The second kappa shape index (κ2) is 10.9. The van der Waals surface area contributed by atoms with Gasteiger partial charge < -0.3 is 19.8 Å². The van der Waals surface area contributed by atoms with E-state index in [9.17, 15) is 9.36 Å². The van der Waals surface area contributed by atoms with Gasteiger partial charge in [-0.1, -0.05) is 23.7 Å². The Morgan fingerprint density at radius 2 is 1.89 bits per heavy atom. The first-order valence-corrected chi connectivity index (χ1v) is 14.8. The molecule has 0 aliphatic heterocycles. The van der Waals surface area contributed by atoms with Crippen LogP contribution < -0.4 is 15.9 Å². The first-order chi connectivity index (χ1) is 17.8. The molecule has 38 heavy (non-hydrogen) atoms. The van der Waals surface area contributed by atoms with E-state index in [2.05, 4.69) is 25.1 Å². The number of esters is 1. The number of anilines is 1. The molecule has 2 aromatic heterocycles. The largest absolute Gasteiger partial charge is 0.462 e. The summed E-state index contributed by atoms with van der Waals surface area (Å²) in [6.45, 7) is 9.11. The van der Waals surface area contributed by atoms with Crippen LogP contribution >= 0.6 is 19.0 Å². The molecule has 0 radical (unpaired) electrons. The van der Waals surface area contributed by atoms with Crippen LogP contribution in [-0.2, 0) is 30.9 Å². The van der Waals surface area contributed by atoms with E-state index in [1.807, 2.05) is 35.8 Å². The third-order valence-electron chi connectivity index (χ3n) is 6.28. The number of rotatable bonds is 12. The maximum absolute atomic E-state index is 14.4. The van der Waals surface area contributed by atoms with Crippen LogP contribution in [0, 0.1) is 0 Å². The first kappa shape index (κ1) is 28.4. The zero-order valence-corrected chi connectivity index (χ0v) is 23.9. The number of benzene rings is 1. The molecule has 1 unspecified atom stereocenters. The van der Waals surface area contributed by atoms with Crippen molar-refractivity contribution in [2.75, 3.05) is 12.1 Å². The highest BCUT2D eigenvalue weighted by Gasteiger charge is 2.50. The molecule has 1 aliphatic carbocycles. The zero-order chi connectivity index (χ0) is 27.7. The third kappa shape index (κ3) is 6.52. The Labute approximate surface area is 227 Å².